The van der Waals surface area contributed by atoms with Gasteiger partial charge in [-0.25, -0.2) is 14.8 Å². The van der Waals surface area contributed by atoms with Gasteiger partial charge in [-0.05, 0) is 41.1 Å². The van der Waals surface area contributed by atoms with Crippen molar-refractivity contribution in [3.8, 4) is 5.69 Å². The first kappa shape index (κ1) is 18.2. The van der Waals surface area contributed by atoms with Crippen LogP contribution in [0.15, 0.2) is 64.8 Å². The number of hydrazone groups is 1. The van der Waals surface area contributed by atoms with Crippen molar-refractivity contribution in [1.82, 2.24) is 35.4 Å². The Morgan fingerprint density at radius 1 is 1.10 bits per heavy atom. The molecule has 0 aliphatic heterocycles. The minimum Gasteiger partial charge on any atom is -0.267 e. The molecule has 0 aliphatic carbocycles. The van der Waals surface area contributed by atoms with E-state index in [4.69, 9.17) is 0 Å². The summed E-state index contributed by atoms with van der Waals surface area (Å²) in [4.78, 5) is 24.9. The third-order valence-electron chi connectivity index (χ3n) is 4.37. The summed E-state index contributed by atoms with van der Waals surface area (Å²) in [6, 6.07) is 14.2. The molecule has 29 heavy (non-hydrogen) atoms. The first-order chi connectivity index (χ1) is 14.0. The SMILES string of the molecule is C/C(=N\NC(=O)c1nn(C)c(=O)c2ccccc12)c1cccc(-n2cnnn2)c1. The second-order valence-electron chi connectivity index (χ2n) is 6.27. The molecule has 2 heterocycles. The van der Waals surface area contributed by atoms with E-state index in [0.717, 1.165) is 15.9 Å². The van der Waals surface area contributed by atoms with Crippen molar-refractivity contribution in [1.29, 1.82) is 0 Å². The average Bonchev–Trinajstić information content (AvgIpc) is 3.29. The number of rotatable bonds is 4. The van der Waals surface area contributed by atoms with E-state index in [2.05, 4.69) is 31.2 Å². The van der Waals surface area contributed by atoms with E-state index in [1.165, 1.54) is 18.1 Å². The third-order valence-corrected chi connectivity index (χ3v) is 4.37. The molecule has 0 atom stereocenters. The molecule has 144 valence electrons. The lowest BCUT2D eigenvalue weighted by Gasteiger charge is -2.08. The summed E-state index contributed by atoms with van der Waals surface area (Å²) in [6.07, 6.45) is 1.49. The van der Waals surface area contributed by atoms with E-state index in [1.54, 1.807) is 31.2 Å². The van der Waals surface area contributed by atoms with E-state index in [1.807, 2.05) is 24.3 Å². The summed E-state index contributed by atoms with van der Waals surface area (Å²) in [7, 11) is 1.50. The summed E-state index contributed by atoms with van der Waals surface area (Å²) >= 11 is 0. The molecule has 10 heteroatoms. The standard InChI is InChI=1S/C19H16N8O2/c1-12(13-6-5-7-14(10-13)27-11-20-24-25-27)21-22-18(28)17-15-8-3-4-9-16(15)19(29)26(2)23-17/h3-11H,1-2H3,(H,22,28)/b21-12+. The summed E-state index contributed by atoms with van der Waals surface area (Å²) in [5, 5.41) is 20.3. The first-order valence-electron chi connectivity index (χ1n) is 8.69. The van der Waals surface area contributed by atoms with Gasteiger partial charge in [-0.2, -0.15) is 10.2 Å². The highest BCUT2D eigenvalue weighted by molar-refractivity contribution is 6.06. The molecule has 0 radical (unpaired) electrons. The molecule has 1 N–H and O–H groups in total. The Balaban J connectivity index is 1.62. The number of benzene rings is 2. The number of amides is 1. The number of tetrazole rings is 1. The van der Waals surface area contributed by atoms with Gasteiger partial charge in [-0.15, -0.1) is 5.10 Å². The van der Waals surface area contributed by atoms with E-state index in [-0.39, 0.29) is 11.3 Å². The molecule has 0 bridgehead atoms. The number of nitrogens with zero attached hydrogens (tertiary/aromatic N) is 7. The molecule has 10 nitrogen and oxygen atoms in total. The molecule has 2 aromatic carbocycles. The maximum atomic E-state index is 12.7. The zero-order chi connectivity index (χ0) is 20.4. The van der Waals surface area contributed by atoms with Crippen LogP contribution in [-0.2, 0) is 7.05 Å². The second-order valence-corrected chi connectivity index (χ2v) is 6.27. The van der Waals surface area contributed by atoms with Crippen molar-refractivity contribution >= 4 is 22.4 Å². The van der Waals surface area contributed by atoms with Crippen molar-refractivity contribution in [2.75, 3.05) is 0 Å². The Morgan fingerprint density at radius 2 is 1.90 bits per heavy atom. The van der Waals surface area contributed by atoms with Gasteiger partial charge in [0.1, 0.15) is 6.33 Å². The monoisotopic (exact) mass is 388 g/mol. The van der Waals surface area contributed by atoms with Crippen molar-refractivity contribution < 1.29 is 4.79 Å². The zero-order valence-electron chi connectivity index (χ0n) is 15.6. The van der Waals surface area contributed by atoms with Crippen molar-refractivity contribution in [2.24, 2.45) is 12.1 Å². The number of aromatic nitrogens is 6. The van der Waals surface area contributed by atoms with Crippen LogP contribution in [0.1, 0.15) is 23.0 Å². The van der Waals surface area contributed by atoms with Crippen LogP contribution in [0, 0.1) is 0 Å². The Bertz CT molecular complexity index is 1290. The fourth-order valence-electron chi connectivity index (χ4n) is 2.87. The molecule has 4 aromatic rings. The molecular weight excluding hydrogens is 372 g/mol. The van der Waals surface area contributed by atoms with Gasteiger partial charge in [0.15, 0.2) is 5.69 Å². The molecule has 0 unspecified atom stereocenters. The van der Waals surface area contributed by atoms with Gasteiger partial charge in [0.05, 0.1) is 16.8 Å². The molecule has 0 spiro atoms. The van der Waals surface area contributed by atoms with Crippen LogP contribution in [0.25, 0.3) is 16.5 Å². The number of nitrogens with one attached hydrogen (secondary N) is 1. The van der Waals surface area contributed by atoms with Gasteiger partial charge in [-0.3, -0.25) is 9.59 Å². The number of aryl methyl sites for hydroxylation is 1. The van der Waals surface area contributed by atoms with E-state index < -0.39 is 5.91 Å². The van der Waals surface area contributed by atoms with Crippen LogP contribution in [0.5, 0.6) is 0 Å². The number of hydrogen-bond acceptors (Lipinski definition) is 7. The normalized spacial score (nSPS) is 11.6. The number of fused-ring (bicyclic) bond motifs is 1. The van der Waals surface area contributed by atoms with Crippen molar-refractivity contribution in [3.63, 3.8) is 0 Å². The van der Waals surface area contributed by atoms with Gasteiger partial charge < -0.3 is 0 Å². The maximum absolute atomic E-state index is 12.7. The topological polar surface area (TPSA) is 120 Å². The Labute approximate surface area is 164 Å². The van der Waals surface area contributed by atoms with Crippen molar-refractivity contribution in [3.05, 3.63) is 76.5 Å². The summed E-state index contributed by atoms with van der Waals surface area (Å²) in [5.74, 6) is -0.507. The highest BCUT2D eigenvalue weighted by Crippen LogP contribution is 2.13. The molecule has 2 aromatic heterocycles. The zero-order valence-corrected chi connectivity index (χ0v) is 15.6. The maximum Gasteiger partial charge on any atom is 0.292 e. The van der Waals surface area contributed by atoms with Gasteiger partial charge in [-0.1, -0.05) is 30.3 Å². The highest BCUT2D eigenvalue weighted by atomic mass is 16.2. The molecule has 0 fully saturated rings. The Kier molecular flexibility index (Phi) is 4.65. The molecule has 0 aliphatic rings. The third kappa shape index (κ3) is 3.50. The smallest absolute Gasteiger partial charge is 0.267 e. The minimum atomic E-state index is -0.507. The van der Waals surface area contributed by atoms with E-state index in [0.29, 0.717) is 16.5 Å². The lowest BCUT2D eigenvalue weighted by atomic mass is 10.1. The van der Waals surface area contributed by atoms with Gasteiger partial charge in [0.2, 0.25) is 0 Å². The van der Waals surface area contributed by atoms with E-state index in [9.17, 15) is 9.59 Å². The lowest BCUT2D eigenvalue weighted by molar-refractivity contribution is 0.0949. The Morgan fingerprint density at radius 3 is 2.66 bits per heavy atom. The molecule has 0 saturated heterocycles. The predicted molar refractivity (Wildman–Crippen MR) is 106 cm³/mol. The van der Waals surface area contributed by atoms with Gasteiger partial charge in [0.25, 0.3) is 11.5 Å². The second kappa shape index (κ2) is 7.43. The van der Waals surface area contributed by atoms with Crippen LogP contribution in [-0.4, -0.2) is 41.6 Å². The van der Waals surface area contributed by atoms with E-state index >= 15 is 0 Å². The lowest BCUT2D eigenvalue weighted by Crippen LogP contribution is -2.27. The van der Waals surface area contributed by atoms with Gasteiger partial charge >= 0.3 is 0 Å². The van der Waals surface area contributed by atoms with Crippen LogP contribution in [0.3, 0.4) is 0 Å². The fraction of sp³-hybridized carbons (Fsp3) is 0.105. The van der Waals surface area contributed by atoms with Gasteiger partial charge in [0, 0.05) is 12.4 Å². The number of carbonyl (C=O) groups excluding carboxylic acids is 1. The predicted octanol–water partition coefficient (Wildman–Crippen LogP) is 1.06. The fourth-order valence-corrected chi connectivity index (χ4v) is 2.87. The quantitative estimate of drug-likeness (QED) is 0.412. The summed E-state index contributed by atoms with van der Waals surface area (Å²) in [6.45, 7) is 1.77. The molecule has 1 amide bonds. The highest BCUT2D eigenvalue weighted by Gasteiger charge is 2.15. The number of hydrogen-bond donors (Lipinski definition) is 1. The minimum absolute atomic E-state index is 0.127. The molecular formula is C19H16N8O2. The van der Waals surface area contributed by atoms with Crippen LogP contribution in [0.2, 0.25) is 0 Å². The molecule has 0 saturated carbocycles. The van der Waals surface area contributed by atoms with Crippen LogP contribution in [0.4, 0.5) is 0 Å². The van der Waals surface area contributed by atoms with Crippen LogP contribution >= 0.6 is 0 Å². The molecule has 4 rings (SSSR count). The summed E-state index contributed by atoms with van der Waals surface area (Å²) in [5.41, 5.74) is 4.51. The summed E-state index contributed by atoms with van der Waals surface area (Å²) < 4.78 is 2.67. The average molecular weight is 388 g/mol. The number of carbonyl (C=O) groups is 1. The Hall–Kier alpha value is -4.21. The van der Waals surface area contributed by atoms with Crippen molar-refractivity contribution in [2.45, 2.75) is 6.92 Å². The first-order valence-corrected chi connectivity index (χ1v) is 8.69. The largest absolute Gasteiger partial charge is 0.292 e. The van der Waals surface area contributed by atoms with Crippen LogP contribution < -0.4 is 11.0 Å².